The van der Waals surface area contributed by atoms with Gasteiger partial charge in [0.05, 0.1) is 17.1 Å². The Balaban J connectivity index is 3.49. The van der Waals surface area contributed by atoms with Gasteiger partial charge in [-0.1, -0.05) is 29.5 Å². The highest BCUT2D eigenvalue weighted by molar-refractivity contribution is 14.1. The van der Waals surface area contributed by atoms with Gasteiger partial charge in [-0.25, -0.2) is 0 Å². The Morgan fingerprint density at radius 3 is 2.70 bits per heavy atom. The number of rotatable bonds is 5. The van der Waals surface area contributed by atoms with E-state index < -0.39 is 5.97 Å². The summed E-state index contributed by atoms with van der Waals surface area (Å²) in [5.74, 6) is -0.795. The Bertz CT molecular complexity index is 105. The van der Waals surface area contributed by atoms with Crippen molar-refractivity contribution < 1.29 is 14.6 Å². The van der Waals surface area contributed by atoms with Crippen LogP contribution in [-0.2, 0) is 9.53 Å². The molecule has 0 heterocycles. The molecule has 0 aromatic heterocycles. The minimum absolute atomic E-state index is 0.111. The number of hydrogen-bond donors (Lipinski definition) is 1. The predicted octanol–water partition coefficient (Wildman–Crippen LogP) is 1.65. The van der Waals surface area contributed by atoms with Crippen LogP contribution in [0.2, 0.25) is 0 Å². The van der Waals surface area contributed by atoms with E-state index in [1.54, 1.807) is 0 Å². The molecule has 4 heteroatoms. The van der Waals surface area contributed by atoms with Gasteiger partial charge in [-0.05, 0) is 6.42 Å². The van der Waals surface area contributed by atoms with E-state index in [4.69, 9.17) is 9.84 Å². The van der Waals surface area contributed by atoms with Crippen molar-refractivity contribution in [3.63, 3.8) is 0 Å². The summed E-state index contributed by atoms with van der Waals surface area (Å²) < 4.78 is 5.67. The summed E-state index contributed by atoms with van der Waals surface area (Å²) in [4.78, 5) is 10.2. The van der Waals surface area contributed by atoms with Crippen LogP contribution in [0, 0.1) is 0 Å². The normalized spacial score (nSPS) is 13.0. The standard InChI is InChI=1S/C6H11IO3/c1-2-5(10-4-7)3-6(8)9/h5H,2-4H2,1H3,(H,8,9). The zero-order chi connectivity index (χ0) is 7.98. The van der Waals surface area contributed by atoms with E-state index in [2.05, 4.69) is 22.6 Å². The number of aliphatic carboxylic acids is 1. The van der Waals surface area contributed by atoms with Crippen LogP contribution in [0.25, 0.3) is 0 Å². The second-order valence-corrected chi connectivity index (χ2v) is 2.53. The third-order valence-electron chi connectivity index (χ3n) is 1.16. The van der Waals surface area contributed by atoms with E-state index in [0.717, 1.165) is 6.42 Å². The fourth-order valence-corrected chi connectivity index (χ4v) is 1.11. The van der Waals surface area contributed by atoms with Gasteiger partial charge in [0.2, 0.25) is 0 Å². The van der Waals surface area contributed by atoms with E-state index in [1.807, 2.05) is 6.92 Å². The maximum Gasteiger partial charge on any atom is 0.305 e. The van der Waals surface area contributed by atoms with E-state index in [9.17, 15) is 4.79 Å². The summed E-state index contributed by atoms with van der Waals surface area (Å²) in [5.41, 5.74) is 0. The molecule has 0 aliphatic carbocycles. The zero-order valence-electron chi connectivity index (χ0n) is 5.84. The van der Waals surface area contributed by atoms with Gasteiger partial charge in [0.1, 0.15) is 0 Å². The number of carboxylic acids is 1. The molecule has 0 rings (SSSR count). The van der Waals surface area contributed by atoms with Crippen molar-refractivity contribution in [2.75, 3.05) is 4.61 Å². The topological polar surface area (TPSA) is 46.5 Å². The molecule has 1 atom stereocenters. The maximum absolute atomic E-state index is 10.2. The molecule has 3 nitrogen and oxygen atoms in total. The summed E-state index contributed by atoms with van der Waals surface area (Å²) >= 11 is 2.06. The molecule has 0 aromatic rings. The van der Waals surface area contributed by atoms with Crippen molar-refractivity contribution in [1.29, 1.82) is 0 Å². The molecule has 0 aliphatic heterocycles. The van der Waals surface area contributed by atoms with Gasteiger partial charge in [0.25, 0.3) is 0 Å². The molecule has 1 N–H and O–H groups in total. The van der Waals surface area contributed by atoms with Gasteiger partial charge in [-0.15, -0.1) is 0 Å². The summed E-state index contributed by atoms with van der Waals surface area (Å²) in [7, 11) is 0. The van der Waals surface area contributed by atoms with E-state index in [0.29, 0.717) is 4.61 Å². The highest BCUT2D eigenvalue weighted by Crippen LogP contribution is 2.04. The van der Waals surface area contributed by atoms with Crippen LogP contribution < -0.4 is 0 Å². The van der Waals surface area contributed by atoms with E-state index >= 15 is 0 Å². The van der Waals surface area contributed by atoms with Gasteiger partial charge >= 0.3 is 5.97 Å². The third kappa shape index (κ3) is 4.99. The second kappa shape index (κ2) is 5.91. The number of hydrogen-bond acceptors (Lipinski definition) is 2. The number of carboxylic acid groups (broad SMARTS) is 1. The van der Waals surface area contributed by atoms with Crippen LogP contribution >= 0.6 is 22.6 Å². The Kier molecular flexibility index (Phi) is 6.00. The summed E-state index contributed by atoms with van der Waals surface area (Å²) in [6, 6.07) is 0. The number of carbonyl (C=O) groups is 1. The molecule has 0 radical (unpaired) electrons. The Hall–Kier alpha value is 0.160. The summed E-state index contributed by atoms with van der Waals surface area (Å²) in [6.45, 7) is 1.92. The van der Waals surface area contributed by atoms with Crippen molar-refractivity contribution in [2.45, 2.75) is 25.9 Å². The lowest BCUT2D eigenvalue weighted by Gasteiger charge is -2.10. The zero-order valence-corrected chi connectivity index (χ0v) is 8.00. The van der Waals surface area contributed by atoms with Crippen molar-refractivity contribution in [3.05, 3.63) is 0 Å². The van der Waals surface area contributed by atoms with Gasteiger partial charge in [0.15, 0.2) is 0 Å². The second-order valence-electron chi connectivity index (χ2n) is 1.90. The highest BCUT2D eigenvalue weighted by atomic mass is 127. The first kappa shape index (κ1) is 10.2. The molecule has 0 saturated heterocycles. The van der Waals surface area contributed by atoms with Gasteiger partial charge in [0, 0.05) is 0 Å². The molecule has 60 valence electrons. The molecule has 0 amide bonds. The maximum atomic E-state index is 10.2. The molecule has 0 aromatic carbocycles. The van der Waals surface area contributed by atoms with Crippen molar-refractivity contribution >= 4 is 28.6 Å². The lowest BCUT2D eigenvalue weighted by Crippen LogP contribution is -2.15. The average Bonchev–Trinajstić information content (AvgIpc) is 1.86. The Morgan fingerprint density at radius 1 is 1.80 bits per heavy atom. The number of halogens is 1. The molecule has 0 saturated carbocycles. The molecule has 10 heavy (non-hydrogen) atoms. The van der Waals surface area contributed by atoms with Gasteiger partial charge in [-0.2, -0.15) is 0 Å². The summed E-state index contributed by atoms with van der Waals surface area (Å²) in [5, 5.41) is 8.36. The van der Waals surface area contributed by atoms with Crippen molar-refractivity contribution in [2.24, 2.45) is 0 Å². The number of alkyl halides is 1. The molecule has 0 spiro atoms. The first-order valence-corrected chi connectivity index (χ1v) is 4.62. The molecular formula is C6H11IO3. The molecular weight excluding hydrogens is 247 g/mol. The lowest BCUT2D eigenvalue weighted by molar-refractivity contribution is -0.139. The van der Waals surface area contributed by atoms with E-state index in [-0.39, 0.29) is 12.5 Å². The Labute approximate surface area is 73.9 Å². The van der Waals surface area contributed by atoms with Crippen molar-refractivity contribution in [1.82, 2.24) is 0 Å². The molecule has 0 fully saturated rings. The monoisotopic (exact) mass is 258 g/mol. The van der Waals surface area contributed by atoms with Crippen LogP contribution in [0.4, 0.5) is 0 Å². The number of ether oxygens (including phenoxy) is 1. The smallest absolute Gasteiger partial charge is 0.305 e. The quantitative estimate of drug-likeness (QED) is 0.602. The van der Waals surface area contributed by atoms with Crippen LogP contribution in [0.5, 0.6) is 0 Å². The summed E-state index contributed by atoms with van der Waals surface area (Å²) in [6.07, 6.45) is 0.754. The molecule has 0 bridgehead atoms. The minimum atomic E-state index is -0.795. The first-order chi connectivity index (χ1) is 4.70. The van der Waals surface area contributed by atoms with Gasteiger partial charge in [-0.3, -0.25) is 4.79 Å². The average molecular weight is 258 g/mol. The van der Waals surface area contributed by atoms with Crippen LogP contribution in [0.15, 0.2) is 0 Å². The van der Waals surface area contributed by atoms with E-state index in [1.165, 1.54) is 0 Å². The largest absolute Gasteiger partial charge is 0.481 e. The molecule has 1 unspecified atom stereocenters. The Morgan fingerprint density at radius 2 is 2.40 bits per heavy atom. The van der Waals surface area contributed by atoms with Gasteiger partial charge < -0.3 is 9.84 Å². The molecule has 0 aliphatic rings. The van der Waals surface area contributed by atoms with Crippen LogP contribution in [-0.4, -0.2) is 21.8 Å². The van der Waals surface area contributed by atoms with Crippen LogP contribution in [0.3, 0.4) is 0 Å². The predicted molar refractivity (Wildman–Crippen MR) is 46.3 cm³/mol. The first-order valence-electron chi connectivity index (χ1n) is 3.10. The third-order valence-corrected chi connectivity index (χ3v) is 1.52. The highest BCUT2D eigenvalue weighted by Gasteiger charge is 2.09. The van der Waals surface area contributed by atoms with Crippen LogP contribution in [0.1, 0.15) is 19.8 Å². The minimum Gasteiger partial charge on any atom is -0.481 e. The fraction of sp³-hybridized carbons (Fsp3) is 0.833. The van der Waals surface area contributed by atoms with Crippen molar-refractivity contribution in [3.8, 4) is 0 Å². The fourth-order valence-electron chi connectivity index (χ4n) is 0.605. The SMILES string of the molecule is CCC(CC(=O)O)OCI. The lowest BCUT2D eigenvalue weighted by atomic mass is 10.2.